The lowest BCUT2D eigenvalue weighted by atomic mass is 9.97. The molecule has 1 aromatic heterocycles. The first kappa shape index (κ1) is 10.7. The first-order valence-electron chi connectivity index (χ1n) is 6.54. The molecule has 0 fully saturated rings. The maximum Gasteiger partial charge on any atom is 0.178 e. The van der Waals surface area contributed by atoms with Gasteiger partial charge in [-0.15, -0.1) is 0 Å². The predicted octanol–water partition coefficient (Wildman–Crippen LogP) is 4.46. The smallest absolute Gasteiger partial charge is 0.178 e. The summed E-state index contributed by atoms with van der Waals surface area (Å²) in [5, 5.41) is 1.09. The molecule has 2 aromatic rings. The maximum atomic E-state index is 6.09. The van der Waals surface area contributed by atoms with E-state index in [2.05, 4.69) is 24.5 Å². The molecule has 2 nitrogen and oxygen atoms in total. The van der Waals surface area contributed by atoms with Gasteiger partial charge in [-0.1, -0.05) is 36.4 Å². The van der Waals surface area contributed by atoms with Crippen LogP contribution in [-0.2, 0) is 4.74 Å². The molecule has 2 heteroatoms. The van der Waals surface area contributed by atoms with Crippen molar-refractivity contribution >= 4 is 11.0 Å². The summed E-state index contributed by atoms with van der Waals surface area (Å²) in [6.45, 7) is 0. The molecule has 0 amide bonds. The Morgan fingerprint density at radius 2 is 2.16 bits per heavy atom. The van der Waals surface area contributed by atoms with E-state index >= 15 is 0 Å². The summed E-state index contributed by atoms with van der Waals surface area (Å²) in [4.78, 5) is 0. The molecule has 1 radical (unpaired) electrons. The topological polar surface area (TPSA) is 22.4 Å². The lowest BCUT2D eigenvalue weighted by Crippen LogP contribution is -2.11. The minimum atomic E-state index is 0.00477. The highest BCUT2D eigenvalue weighted by Crippen LogP contribution is 2.38. The monoisotopic (exact) mass is 249 g/mol. The first-order chi connectivity index (χ1) is 9.42. The van der Waals surface area contributed by atoms with Gasteiger partial charge in [-0.3, -0.25) is 0 Å². The maximum absolute atomic E-state index is 6.09. The van der Waals surface area contributed by atoms with E-state index in [9.17, 15) is 0 Å². The molecule has 93 valence electrons. The molecule has 0 saturated carbocycles. The molecular weight excluding hydrogens is 236 g/mol. The number of rotatable bonds is 1. The van der Waals surface area contributed by atoms with Gasteiger partial charge in [-0.25, -0.2) is 0 Å². The van der Waals surface area contributed by atoms with Gasteiger partial charge < -0.3 is 9.15 Å². The summed E-state index contributed by atoms with van der Waals surface area (Å²) in [5.41, 5.74) is 3.17. The highest BCUT2D eigenvalue weighted by molar-refractivity contribution is 5.81. The predicted molar refractivity (Wildman–Crippen MR) is 73.4 cm³/mol. The zero-order valence-electron chi connectivity index (χ0n) is 10.4. The highest BCUT2D eigenvalue weighted by atomic mass is 16.5. The minimum absolute atomic E-state index is 0.00477. The molecule has 0 spiro atoms. The van der Waals surface area contributed by atoms with E-state index in [-0.39, 0.29) is 6.10 Å². The molecule has 1 atom stereocenters. The molecule has 0 N–H and O–H groups in total. The standard InChI is InChI=1S/C17H13O2/c1-3-7-15-12(5-1)9-10-17(19-15)14-11-18-16-8-4-2-6-13(14)16/h1-4,6-9,17H,5,10H2. The minimum Gasteiger partial charge on any atom is -0.485 e. The summed E-state index contributed by atoms with van der Waals surface area (Å²) in [5.74, 6) is 0.984. The molecule has 1 aliphatic heterocycles. The fraction of sp³-hybridized carbons (Fsp3) is 0.176. The molecular formula is C17H13O2. The molecule has 19 heavy (non-hydrogen) atoms. The Kier molecular flexibility index (Phi) is 2.34. The zero-order valence-corrected chi connectivity index (χ0v) is 10.4. The van der Waals surface area contributed by atoms with Crippen LogP contribution in [0.3, 0.4) is 0 Å². The van der Waals surface area contributed by atoms with Crippen molar-refractivity contribution in [2.75, 3.05) is 0 Å². The van der Waals surface area contributed by atoms with Gasteiger partial charge >= 0.3 is 0 Å². The third-order valence-electron chi connectivity index (χ3n) is 3.66. The van der Waals surface area contributed by atoms with E-state index in [1.807, 2.05) is 30.4 Å². The van der Waals surface area contributed by atoms with Gasteiger partial charge in [0.25, 0.3) is 0 Å². The Bertz CT molecular complexity index is 716. The Hall–Kier alpha value is -2.22. The molecule has 0 bridgehead atoms. The van der Waals surface area contributed by atoms with Gasteiger partial charge in [0.2, 0.25) is 0 Å². The van der Waals surface area contributed by atoms with Crippen LogP contribution in [0.4, 0.5) is 0 Å². The zero-order chi connectivity index (χ0) is 12.7. The van der Waals surface area contributed by atoms with Crippen LogP contribution >= 0.6 is 0 Å². The first-order valence-corrected chi connectivity index (χ1v) is 6.54. The Morgan fingerprint density at radius 3 is 3.16 bits per heavy atom. The van der Waals surface area contributed by atoms with Gasteiger partial charge in [-0.2, -0.15) is 0 Å². The SMILES string of the molecule is [c]1oc2ccccc2c1C1CC=C2CC=CC=C2O1. The number of fused-ring (bicyclic) bond motifs is 2. The van der Waals surface area contributed by atoms with Crippen LogP contribution in [0.1, 0.15) is 24.5 Å². The van der Waals surface area contributed by atoms with Crippen LogP contribution in [-0.4, -0.2) is 0 Å². The molecule has 2 heterocycles. The van der Waals surface area contributed by atoms with Crippen LogP contribution < -0.4 is 0 Å². The van der Waals surface area contributed by atoms with E-state index in [4.69, 9.17) is 9.15 Å². The molecule has 1 aliphatic carbocycles. The fourth-order valence-corrected chi connectivity index (χ4v) is 2.67. The number of hydrogen-bond acceptors (Lipinski definition) is 2. The largest absolute Gasteiger partial charge is 0.485 e. The lowest BCUT2D eigenvalue weighted by Gasteiger charge is -2.26. The quantitative estimate of drug-likeness (QED) is 0.744. The third-order valence-corrected chi connectivity index (χ3v) is 3.66. The van der Waals surface area contributed by atoms with Crippen molar-refractivity contribution in [3.8, 4) is 0 Å². The van der Waals surface area contributed by atoms with E-state index in [0.717, 1.165) is 35.1 Å². The van der Waals surface area contributed by atoms with Crippen LogP contribution in [0.2, 0.25) is 0 Å². The van der Waals surface area contributed by atoms with Crippen LogP contribution in [0.5, 0.6) is 0 Å². The number of para-hydroxylation sites is 1. The Morgan fingerprint density at radius 1 is 1.21 bits per heavy atom. The second kappa shape index (κ2) is 4.16. The Balaban J connectivity index is 1.74. The highest BCUT2D eigenvalue weighted by Gasteiger charge is 2.24. The van der Waals surface area contributed by atoms with Crippen molar-refractivity contribution in [1.82, 2.24) is 0 Å². The average molecular weight is 249 g/mol. The van der Waals surface area contributed by atoms with Gasteiger partial charge in [-0.05, 0) is 24.1 Å². The van der Waals surface area contributed by atoms with Gasteiger partial charge in [0.15, 0.2) is 6.26 Å². The average Bonchev–Trinajstić information content (AvgIpc) is 2.91. The fourth-order valence-electron chi connectivity index (χ4n) is 2.67. The van der Waals surface area contributed by atoms with Crippen molar-refractivity contribution in [3.05, 3.63) is 71.7 Å². The number of ether oxygens (including phenoxy) is 1. The number of furan rings is 1. The summed E-state index contributed by atoms with van der Waals surface area (Å²) < 4.78 is 11.6. The second-order valence-electron chi connectivity index (χ2n) is 4.85. The molecule has 0 saturated heterocycles. The number of allylic oxidation sites excluding steroid dienone is 4. The van der Waals surface area contributed by atoms with Crippen molar-refractivity contribution in [1.29, 1.82) is 0 Å². The van der Waals surface area contributed by atoms with Crippen molar-refractivity contribution in [2.24, 2.45) is 0 Å². The Labute approximate surface area is 111 Å². The van der Waals surface area contributed by atoms with Crippen LogP contribution in [0.15, 0.2) is 64.3 Å². The summed E-state index contributed by atoms with van der Waals surface area (Å²) in [6.07, 6.45) is 13.3. The third kappa shape index (κ3) is 1.72. The molecule has 4 rings (SSSR count). The molecule has 1 unspecified atom stereocenters. The van der Waals surface area contributed by atoms with Crippen LogP contribution in [0, 0.1) is 6.26 Å². The van der Waals surface area contributed by atoms with Crippen molar-refractivity contribution in [2.45, 2.75) is 18.9 Å². The van der Waals surface area contributed by atoms with Gasteiger partial charge in [0.1, 0.15) is 17.4 Å². The summed E-state index contributed by atoms with van der Waals surface area (Å²) >= 11 is 0. The summed E-state index contributed by atoms with van der Waals surface area (Å²) in [6, 6.07) is 8.00. The van der Waals surface area contributed by atoms with Crippen molar-refractivity contribution < 1.29 is 9.15 Å². The number of benzene rings is 1. The normalized spacial score (nSPS) is 21.6. The van der Waals surface area contributed by atoms with E-state index in [0.29, 0.717) is 0 Å². The van der Waals surface area contributed by atoms with E-state index in [1.165, 1.54) is 5.57 Å². The lowest BCUT2D eigenvalue weighted by molar-refractivity contribution is 0.115. The van der Waals surface area contributed by atoms with Crippen LogP contribution in [0.25, 0.3) is 11.0 Å². The molecule has 1 aromatic carbocycles. The van der Waals surface area contributed by atoms with Crippen molar-refractivity contribution in [3.63, 3.8) is 0 Å². The van der Waals surface area contributed by atoms with Gasteiger partial charge in [0.05, 0.1) is 5.56 Å². The number of hydrogen-bond donors (Lipinski definition) is 0. The summed E-state index contributed by atoms with van der Waals surface area (Å²) in [7, 11) is 0. The molecule has 2 aliphatic rings. The van der Waals surface area contributed by atoms with E-state index < -0.39 is 0 Å². The second-order valence-corrected chi connectivity index (χ2v) is 4.85. The van der Waals surface area contributed by atoms with Gasteiger partial charge in [0, 0.05) is 11.8 Å². The van der Waals surface area contributed by atoms with E-state index in [1.54, 1.807) is 0 Å².